The lowest BCUT2D eigenvalue weighted by atomic mass is 9.95. The van der Waals surface area contributed by atoms with Gasteiger partial charge in [0, 0.05) is 16.8 Å². The molecular formula is C24H23NO2. The van der Waals surface area contributed by atoms with E-state index in [0.29, 0.717) is 11.1 Å². The van der Waals surface area contributed by atoms with Gasteiger partial charge < -0.3 is 5.32 Å². The minimum atomic E-state index is -0.366. The van der Waals surface area contributed by atoms with Crippen molar-refractivity contribution in [3.63, 3.8) is 0 Å². The van der Waals surface area contributed by atoms with E-state index in [-0.39, 0.29) is 17.6 Å². The number of amides is 1. The molecule has 3 aromatic rings. The molecule has 0 aliphatic rings. The maximum atomic E-state index is 12.7. The number of carbonyl (C=O) groups is 2. The van der Waals surface area contributed by atoms with Crippen molar-refractivity contribution in [1.82, 2.24) is 0 Å². The zero-order chi connectivity index (χ0) is 19.4. The van der Waals surface area contributed by atoms with Crippen LogP contribution in [0, 0.1) is 13.8 Å². The third kappa shape index (κ3) is 4.32. The van der Waals surface area contributed by atoms with Gasteiger partial charge >= 0.3 is 0 Å². The second kappa shape index (κ2) is 8.00. The molecule has 27 heavy (non-hydrogen) atoms. The normalized spacial score (nSPS) is 11.7. The number of carbonyl (C=O) groups excluding carboxylic acids is 2. The van der Waals surface area contributed by atoms with Crippen molar-refractivity contribution < 1.29 is 9.59 Å². The smallest absolute Gasteiger partial charge is 0.231 e. The van der Waals surface area contributed by atoms with Gasteiger partial charge in [-0.15, -0.1) is 0 Å². The van der Waals surface area contributed by atoms with Crippen LogP contribution in [0.5, 0.6) is 0 Å². The van der Waals surface area contributed by atoms with E-state index in [1.165, 1.54) is 5.56 Å². The van der Waals surface area contributed by atoms with Crippen LogP contribution in [0.1, 0.15) is 45.5 Å². The molecule has 0 radical (unpaired) electrons. The number of nitrogens with one attached hydrogen (secondary N) is 1. The maximum absolute atomic E-state index is 12.7. The van der Waals surface area contributed by atoms with E-state index in [9.17, 15) is 9.59 Å². The molecule has 1 N–H and O–H groups in total. The third-order valence-electron chi connectivity index (χ3n) is 4.85. The molecule has 0 aliphatic carbocycles. The number of anilines is 1. The Morgan fingerprint density at radius 3 is 2.19 bits per heavy atom. The van der Waals surface area contributed by atoms with E-state index >= 15 is 0 Å². The first-order chi connectivity index (χ1) is 13.0. The zero-order valence-electron chi connectivity index (χ0n) is 15.8. The Bertz CT molecular complexity index is 977. The first-order valence-corrected chi connectivity index (χ1v) is 9.03. The van der Waals surface area contributed by atoms with Crippen molar-refractivity contribution in [2.75, 3.05) is 5.32 Å². The van der Waals surface area contributed by atoms with E-state index in [1.807, 2.05) is 69.3 Å². The van der Waals surface area contributed by atoms with Gasteiger partial charge in [0.05, 0.1) is 5.92 Å². The molecule has 0 saturated carbocycles. The van der Waals surface area contributed by atoms with Crippen LogP contribution in [0.25, 0.3) is 0 Å². The number of rotatable bonds is 5. The van der Waals surface area contributed by atoms with E-state index in [2.05, 4.69) is 5.32 Å². The molecule has 1 amide bonds. The van der Waals surface area contributed by atoms with Crippen molar-refractivity contribution in [2.24, 2.45) is 0 Å². The molecule has 0 fully saturated rings. The highest BCUT2D eigenvalue weighted by atomic mass is 16.2. The van der Waals surface area contributed by atoms with E-state index in [1.54, 1.807) is 24.3 Å². The first kappa shape index (κ1) is 18.6. The Balaban J connectivity index is 1.78. The van der Waals surface area contributed by atoms with Crippen LogP contribution in [0.4, 0.5) is 5.69 Å². The van der Waals surface area contributed by atoms with Gasteiger partial charge in [-0.3, -0.25) is 9.59 Å². The fourth-order valence-electron chi connectivity index (χ4n) is 2.93. The maximum Gasteiger partial charge on any atom is 0.231 e. The summed E-state index contributed by atoms with van der Waals surface area (Å²) in [6.45, 7) is 5.91. The zero-order valence-corrected chi connectivity index (χ0v) is 15.8. The Hall–Kier alpha value is -3.20. The Labute approximate surface area is 160 Å². The second-order valence-electron chi connectivity index (χ2n) is 6.83. The SMILES string of the molecule is Cc1ccc(NC(=O)[C@@H](C)c2cccc(C(=O)c3ccccc3)c2)cc1C. The fourth-order valence-corrected chi connectivity index (χ4v) is 2.93. The molecule has 0 saturated heterocycles. The van der Waals surface area contributed by atoms with Gasteiger partial charge in [-0.25, -0.2) is 0 Å². The predicted octanol–water partition coefficient (Wildman–Crippen LogP) is 5.28. The molecule has 3 rings (SSSR count). The lowest BCUT2D eigenvalue weighted by Gasteiger charge is -2.14. The third-order valence-corrected chi connectivity index (χ3v) is 4.85. The molecule has 0 unspecified atom stereocenters. The molecule has 3 aromatic carbocycles. The van der Waals surface area contributed by atoms with Gasteiger partial charge in [0.1, 0.15) is 0 Å². The van der Waals surface area contributed by atoms with Gasteiger partial charge in [0.25, 0.3) is 0 Å². The molecular weight excluding hydrogens is 334 g/mol. The summed E-state index contributed by atoms with van der Waals surface area (Å²) in [5, 5.41) is 2.96. The van der Waals surface area contributed by atoms with Crippen LogP contribution in [-0.4, -0.2) is 11.7 Å². The van der Waals surface area contributed by atoms with Crippen LogP contribution in [0.3, 0.4) is 0 Å². The number of hydrogen-bond donors (Lipinski definition) is 1. The Morgan fingerprint density at radius 1 is 0.778 bits per heavy atom. The predicted molar refractivity (Wildman–Crippen MR) is 109 cm³/mol. The monoisotopic (exact) mass is 357 g/mol. The van der Waals surface area contributed by atoms with Gasteiger partial charge in [0.15, 0.2) is 5.78 Å². The van der Waals surface area contributed by atoms with Gasteiger partial charge in [0.2, 0.25) is 5.91 Å². The number of hydrogen-bond acceptors (Lipinski definition) is 2. The minimum Gasteiger partial charge on any atom is -0.326 e. The Morgan fingerprint density at radius 2 is 1.48 bits per heavy atom. The highest BCUT2D eigenvalue weighted by Gasteiger charge is 2.17. The topological polar surface area (TPSA) is 46.2 Å². The van der Waals surface area contributed by atoms with Crippen molar-refractivity contribution in [3.05, 3.63) is 101 Å². The number of aryl methyl sites for hydroxylation is 2. The van der Waals surface area contributed by atoms with Gasteiger partial charge in [-0.05, 0) is 55.7 Å². The molecule has 3 heteroatoms. The van der Waals surface area contributed by atoms with Crippen LogP contribution in [-0.2, 0) is 4.79 Å². The lowest BCUT2D eigenvalue weighted by molar-refractivity contribution is -0.117. The summed E-state index contributed by atoms with van der Waals surface area (Å²) in [5.41, 5.74) is 5.15. The van der Waals surface area contributed by atoms with E-state index in [0.717, 1.165) is 16.8 Å². The summed E-state index contributed by atoms with van der Waals surface area (Å²) in [6.07, 6.45) is 0. The largest absolute Gasteiger partial charge is 0.326 e. The van der Waals surface area contributed by atoms with E-state index < -0.39 is 0 Å². The molecule has 0 spiro atoms. The Kier molecular flexibility index (Phi) is 5.51. The first-order valence-electron chi connectivity index (χ1n) is 9.03. The van der Waals surface area contributed by atoms with Crippen LogP contribution in [0.15, 0.2) is 72.8 Å². The molecule has 3 nitrogen and oxygen atoms in total. The van der Waals surface area contributed by atoms with Crippen molar-refractivity contribution in [1.29, 1.82) is 0 Å². The number of ketones is 1. The molecule has 1 atom stereocenters. The average molecular weight is 357 g/mol. The van der Waals surface area contributed by atoms with Gasteiger partial charge in [-0.2, -0.15) is 0 Å². The quantitative estimate of drug-likeness (QED) is 0.632. The second-order valence-corrected chi connectivity index (χ2v) is 6.83. The fraction of sp³-hybridized carbons (Fsp3) is 0.167. The van der Waals surface area contributed by atoms with Crippen molar-refractivity contribution in [3.8, 4) is 0 Å². The summed E-state index contributed by atoms with van der Waals surface area (Å²) >= 11 is 0. The standard InChI is InChI=1S/C24H23NO2/c1-16-12-13-22(14-17(16)2)25-24(27)18(3)20-10-7-11-21(15-20)23(26)19-8-5-4-6-9-19/h4-15,18H,1-3H3,(H,25,27)/t18-/m0/s1. The lowest BCUT2D eigenvalue weighted by Crippen LogP contribution is -2.19. The molecule has 0 heterocycles. The molecule has 0 bridgehead atoms. The highest BCUT2D eigenvalue weighted by Crippen LogP contribution is 2.22. The molecule has 0 aromatic heterocycles. The minimum absolute atomic E-state index is 0.0424. The van der Waals surface area contributed by atoms with Crippen LogP contribution >= 0.6 is 0 Å². The number of benzene rings is 3. The summed E-state index contributed by atoms with van der Waals surface area (Å²) in [4.78, 5) is 25.3. The molecule has 0 aliphatic heterocycles. The summed E-state index contributed by atoms with van der Waals surface area (Å²) in [7, 11) is 0. The summed E-state index contributed by atoms with van der Waals surface area (Å²) in [5.74, 6) is -0.503. The summed E-state index contributed by atoms with van der Waals surface area (Å²) in [6, 6.07) is 22.3. The van der Waals surface area contributed by atoms with E-state index in [4.69, 9.17) is 0 Å². The van der Waals surface area contributed by atoms with Crippen LogP contribution < -0.4 is 5.32 Å². The van der Waals surface area contributed by atoms with Crippen LogP contribution in [0.2, 0.25) is 0 Å². The van der Waals surface area contributed by atoms with Crippen molar-refractivity contribution in [2.45, 2.75) is 26.7 Å². The highest BCUT2D eigenvalue weighted by molar-refractivity contribution is 6.09. The summed E-state index contributed by atoms with van der Waals surface area (Å²) < 4.78 is 0. The van der Waals surface area contributed by atoms with Gasteiger partial charge in [-0.1, -0.05) is 54.6 Å². The van der Waals surface area contributed by atoms with Crippen molar-refractivity contribution >= 4 is 17.4 Å². The average Bonchev–Trinajstić information content (AvgIpc) is 2.70. The molecule has 136 valence electrons.